The first-order valence-corrected chi connectivity index (χ1v) is 10.7. The van der Waals surface area contributed by atoms with Gasteiger partial charge in [-0.3, -0.25) is 0 Å². The van der Waals surface area contributed by atoms with Crippen molar-refractivity contribution < 1.29 is 54.4 Å². The fourth-order valence-electron chi connectivity index (χ4n) is 3.47. The maximum absolute atomic E-state index is 12.4. The molecule has 0 spiro atoms. The van der Waals surface area contributed by atoms with Crippen LogP contribution in [0.5, 0.6) is 23.0 Å². The summed E-state index contributed by atoms with van der Waals surface area (Å²) in [6.07, 6.45) is -4.25. The van der Waals surface area contributed by atoms with Crippen LogP contribution in [0.3, 0.4) is 0 Å². The van der Waals surface area contributed by atoms with Gasteiger partial charge in [0, 0.05) is 6.08 Å². The lowest BCUT2D eigenvalue weighted by molar-refractivity contribution is -0.303. The highest BCUT2D eigenvalue weighted by atomic mass is 16.7. The molecule has 3 rings (SSSR count). The van der Waals surface area contributed by atoms with Crippen molar-refractivity contribution in [2.75, 3.05) is 20.3 Å². The van der Waals surface area contributed by atoms with E-state index < -0.39 is 43.3 Å². The topological polar surface area (TPSA) is 175 Å². The zero-order chi connectivity index (χ0) is 25.5. The lowest BCUT2D eigenvalue weighted by Crippen LogP contribution is -2.60. The molecule has 0 aliphatic carbocycles. The number of phenols is 3. The van der Waals surface area contributed by atoms with Crippen LogP contribution in [0.4, 0.5) is 0 Å². The van der Waals surface area contributed by atoms with Gasteiger partial charge in [0.1, 0.15) is 18.3 Å². The Labute approximate surface area is 201 Å². The molecule has 5 atom stereocenters. The van der Waals surface area contributed by atoms with E-state index in [1.807, 2.05) is 0 Å². The number of aliphatic hydroxyl groups is 3. The van der Waals surface area contributed by atoms with Gasteiger partial charge < -0.3 is 49.6 Å². The van der Waals surface area contributed by atoms with Crippen LogP contribution in [0.25, 0.3) is 6.08 Å². The fraction of sp³-hybridized carbons (Fsp3) is 0.375. The van der Waals surface area contributed by atoms with Crippen molar-refractivity contribution in [2.45, 2.75) is 37.1 Å². The summed E-state index contributed by atoms with van der Waals surface area (Å²) in [6, 6.07) is 8.70. The molecule has 0 amide bonds. The van der Waals surface area contributed by atoms with Crippen LogP contribution in [0.2, 0.25) is 0 Å². The van der Waals surface area contributed by atoms with E-state index >= 15 is 0 Å². The zero-order valence-corrected chi connectivity index (χ0v) is 18.9. The van der Waals surface area contributed by atoms with Gasteiger partial charge in [0.05, 0.1) is 20.3 Å². The molecular formula is C24H28O11. The third-order valence-electron chi connectivity index (χ3n) is 5.41. The number of hydrogen-bond acceptors (Lipinski definition) is 11. The summed E-state index contributed by atoms with van der Waals surface area (Å²) in [7, 11) is 1.39. The molecule has 0 bridgehead atoms. The number of aliphatic hydroxyl groups excluding tert-OH is 3. The standard InChI is InChI=1S/C24H28O11/c1-32-18-11-13(3-6-16(18)27)4-7-20(29)35-23-22(31)21(30)19(12-25)34-24(23)33-9-8-14-2-5-15(26)17(28)10-14/h2-7,10-11,19,21-28,30-31H,8-9,12H2,1H3/t19-,21-,22-,23+,24-/m1/s1. The average Bonchev–Trinajstić information content (AvgIpc) is 2.85. The third kappa shape index (κ3) is 6.62. The van der Waals surface area contributed by atoms with Crippen molar-refractivity contribution in [1.29, 1.82) is 0 Å². The van der Waals surface area contributed by atoms with Crippen molar-refractivity contribution >= 4 is 12.0 Å². The van der Waals surface area contributed by atoms with Crippen LogP contribution in [-0.2, 0) is 25.4 Å². The molecule has 0 unspecified atom stereocenters. The molecule has 1 aliphatic rings. The lowest BCUT2D eigenvalue weighted by atomic mass is 9.99. The molecule has 0 aromatic heterocycles. The van der Waals surface area contributed by atoms with E-state index in [1.165, 1.54) is 37.5 Å². The molecular weight excluding hydrogens is 464 g/mol. The van der Waals surface area contributed by atoms with Crippen LogP contribution in [0, 0.1) is 0 Å². The maximum atomic E-state index is 12.4. The molecule has 1 aliphatic heterocycles. The number of phenolic OH excluding ortho intramolecular Hbond substituents is 3. The predicted molar refractivity (Wildman–Crippen MR) is 121 cm³/mol. The molecule has 190 valence electrons. The van der Waals surface area contributed by atoms with E-state index in [0.29, 0.717) is 11.1 Å². The highest BCUT2D eigenvalue weighted by Crippen LogP contribution is 2.28. The number of methoxy groups -OCH3 is 1. The SMILES string of the molecule is COc1cc(C=CC(=O)O[C@@H]2[C@H](OCCc3ccc(O)c(O)c3)O[C@H](CO)[C@@H](O)[C@H]2O)ccc1O. The average molecular weight is 492 g/mol. The lowest BCUT2D eigenvalue weighted by Gasteiger charge is -2.41. The van der Waals surface area contributed by atoms with Crippen molar-refractivity contribution in [3.63, 3.8) is 0 Å². The first kappa shape index (κ1) is 26.3. The van der Waals surface area contributed by atoms with E-state index in [0.717, 1.165) is 6.08 Å². The minimum atomic E-state index is -1.60. The molecule has 11 nitrogen and oxygen atoms in total. The second kappa shape index (κ2) is 11.9. The van der Waals surface area contributed by atoms with Crippen LogP contribution >= 0.6 is 0 Å². The number of hydrogen-bond donors (Lipinski definition) is 6. The fourth-order valence-corrected chi connectivity index (χ4v) is 3.47. The van der Waals surface area contributed by atoms with Crippen LogP contribution in [0.1, 0.15) is 11.1 Å². The molecule has 1 saturated heterocycles. The summed E-state index contributed by atoms with van der Waals surface area (Å²) in [5, 5.41) is 58.8. The second-order valence-corrected chi connectivity index (χ2v) is 7.82. The summed E-state index contributed by atoms with van der Waals surface area (Å²) in [5.74, 6) is -1.27. The number of carbonyl (C=O) groups excluding carboxylic acids is 1. The Morgan fingerprint density at radius 3 is 2.46 bits per heavy atom. The van der Waals surface area contributed by atoms with E-state index in [-0.39, 0.29) is 36.0 Å². The summed E-state index contributed by atoms with van der Waals surface area (Å²) in [5.41, 5.74) is 1.17. The minimum Gasteiger partial charge on any atom is -0.504 e. The minimum absolute atomic E-state index is 0.00698. The zero-order valence-electron chi connectivity index (χ0n) is 18.9. The Balaban J connectivity index is 1.67. The molecule has 1 heterocycles. The van der Waals surface area contributed by atoms with Gasteiger partial charge in [0.2, 0.25) is 0 Å². The molecule has 35 heavy (non-hydrogen) atoms. The number of carbonyl (C=O) groups is 1. The number of rotatable bonds is 9. The van der Waals surface area contributed by atoms with E-state index in [9.17, 15) is 35.4 Å². The van der Waals surface area contributed by atoms with E-state index in [2.05, 4.69) is 0 Å². The number of benzene rings is 2. The monoisotopic (exact) mass is 492 g/mol. The maximum Gasteiger partial charge on any atom is 0.331 e. The molecule has 0 radical (unpaired) electrons. The smallest absolute Gasteiger partial charge is 0.331 e. The highest BCUT2D eigenvalue weighted by molar-refractivity contribution is 5.87. The Morgan fingerprint density at radius 2 is 1.77 bits per heavy atom. The van der Waals surface area contributed by atoms with Crippen molar-refractivity contribution in [1.82, 2.24) is 0 Å². The van der Waals surface area contributed by atoms with Crippen molar-refractivity contribution in [3.05, 3.63) is 53.6 Å². The molecule has 0 saturated carbocycles. The molecule has 1 fully saturated rings. The van der Waals surface area contributed by atoms with Gasteiger partial charge in [0.15, 0.2) is 35.4 Å². The summed E-state index contributed by atoms with van der Waals surface area (Å²) in [4.78, 5) is 12.4. The first-order chi connectivity index (χ1) is 16.7. The Bertz CT molecular complexity index is 1040. The van der Waals surface area contributed by atoms with Gasteiger partial charge in [0.25, 0.3) is 0 Å². The number of esters is 1. The van der Waals surface area contributed by atoms with Crippen molar-refractivity contribution in [2.24, 2.45) is 0 Å². The molecule has 11 heteroatoms. The predicted octanol–water partition coefficient (Wildman–Crippen LogP) is 0.435. The normalized spacial score (nSPS) is 24.4. The van der Waals surface area contributed by atoms with Crippen LogP contribution in [-0.4, -0.2) is 87.6 Å². The van der Waals surface area contributed by atoms with Crippen LogP contribution < -0.4 is 4.74 Å². The quantitative estimate of drug-likeness (QED) is 0.163. The summed E-state index contributed by atoms with van der Waals surface area (Å²) in [6.45, 7) is -0.597. The second-order valence-electron chi connectivity index (χ2n) is 7.82. The molecule has 2 aromatic carbocycles. The third-order valence-corrected chi connectivity index (χ3v) is 5.41. The molecule has 6 N–H and O–H groups in total. The van der Waals surface area contributed by atoms with E-state index in [1.54, 1.807) is 12.1 Å². The van der Waals surface area contributed by atoms with E-state index in [4.69, 9.17) is 18.9 Å². The summed E-state index contributed by atoms with van der Waals surface area (Å²) < 4.78 is 21.4. The highest BCUT2D eigenvalue weighted by Gasteiger charge is 2.47. The Hall–Kier alpha value is -3.35. The van der Waals surface area contributed by atoms with Gasteiger partial charge in [-0.2, -0.15) is 0 Å². The summed E-state index contributed by atoms with van der Waals surface area (Å²) >= 11 is 0. The van der Waals surface area contributed by atoms with Gasteiger partial charge in [-0.05, 0) is 47.9 Å². The Morgan fingerprint density at radius 1 is 1.03 bits per heavy atom. The number of aromatic hydroxyl groups is 3. The van der Waals surface area contributed by atoms with Crippen molar-refractivity contribution in [3.8, 4) is 23.0 Å². The van der Waals surface area contributed by atoms with Crippen LogP contribution in [0.15, 0.2) is 42.5 Å². The number of ether oxygens (including phenoxy) is 4. The molecule has 2 aromatic rings. The Kier molecular flexibility index (Phi) is 8.90. The van der Waals surface area contributed by atoms with Gasteiger partial charge >= 0.3 is 5.97 Å². The first-order valence-electron chi connectivity index (χ1n) is 10.7. The van der Waals surface area contributed by atoms with Gasteiger partial charge in [-0.1, -0.05) is 12.1 Å². The van der Waals surface area contributed by atoms with Gasteiger partial charge in [-0.15, -0.1) is 0 Å². The largest absolute Gasteiger partial charge is 0.504 e. The van der Waals surface area contributed by atoms with Gasteiger partial charge in [-0.25, -0.2) is 4.79 Å².